The van der Waals surface area contributed by atoms with Gasteiger partial charge in [-0.1, -0.05) is 12.1 Å². The first-order valence-corrected chi connectivity index (χ1v) is 14.6. The fourth-order valence-electron chi connectivity index (χ4n) is 5.39. The Morgan fingerprint density at radius 2 is 2.10 bits per heavy atom. The molecule has 2 fully saturated rings. The third-order valence-corrected chi connectivity index (χ3v) is 9.06. The van der Waals surface area contributed by atoms with E-state index >= 15 is 8.78 Å². The summed E-state index contributed by atoms with van der Waals surface area (Å²) in [7, 11) is -4.16. The number of alkyl halides is 2. The largest absolute Gasteiger partial charge is 0.463 e. The average molecular weight is 585 g/mol. The summed E-state index contributed by atoms with van der Waals surface area (Å²) < 4.78 is 74.8. The third-order valence-electron chi connectivity index (χ3n) is 7.26. The van der Waals surface area contributed by atoms with Crippen molar-refractivity contribution in [2.75, 3.05) is 32.8 Å². The van der Waals surface area contributed by atoms with Crippen LogP contribution in [0.1, 0.15) is 29.1 Å². The van der Waals surface area contributed by atoms with Crippen LogP contribution >= 0.6 is 11.3 Å². The minimum Gasteiger partial charge on any atom is -0.463 e. The Morgan fingerprint density at radius 1 is 1.33 bits per heavy atom. The molecule has 210 valence electrons. The van der Waals surface area contributed by atoms with E-state index in [1.807, 2.05) is 0 Å². The van der Waals surface area contributed by atoms with Crippen LogP contribution < -0.4 is 10.5 Å². The number of rotatable bonds is 7. The molecule has 3 unspecified atom stereocenters. The fraction of sp³-hybridized carbons (Fsp3) is 0.458. The second-order valence-corrected chi connectivity index (χ2v) is 12.1. The van der Waals surface area contributed by atoms with Crippen LogP contribution in [0.2, 0.25) is 0 Å². The molecular weight excluding hydrogens is 557 g/mol. The topological polar surface area (TPSA) is 130 Å². The Kier molecular flexibility index (Phi) is 7.30. The van der Waals surface area contributed by atoms with E-state index in [0.29, 0.717) is 16.4 Å². The van der Waals surface area contributed by atoms with E-state index in [0.717, 1.165) is 4.31 Å². The van der Waals surface area contributed by atoms with Crippen LogP contribution in [0.5, 0.6) is 0 Å². The lowest BCUT2D eigenvalue weighted by Crippen LogP contribution is -2.44. The molecule has 0 bridgehead atoms. The van der Waals surface area contributed by atoms with Crippen molar-refractivity contribution in [2.24, 2.45) is 16.0 Å². The number of carbonyl (C=O) groups is 1. The first kappa shape index (κ1) is 27.7. The highest BCUT2D eigenvalue weighted by atomic mass is 32.2. The van der Waals surface area contributed by atoms with Gasteiger partial charge in [-0.2, -0.15) is 12.7 Å². The smallest absolute Gasteiger partial charge is 0.338 e. The zero-order valence-electron chi connectivity index (χ0n) is 21.1. The number of aromatic nitrogens is 1. The average Bonchev–Trinajstić information content (AvgIpc) is 3.59. The molecule has 0 aliphatic carbocycles. The van der Waals surface area contributed by atoms with Crippen LogP contribution in [0.4, 0.5) is 13.2 Å². The molecule has 2 saturated heterocycles. The van der Waals surface area contributed by atoms with Crippen molar-refractivity contribution >= 4 is 33.4 Å². The number of hydrogen-bond acceptors (Lipinski definition) is 9. The van der Waals surface area contributed by atoms with Crippen molar-refractivity contribution in [3.8, 4) is 0 Å². The van der Waals surface area contributed by atoms with Crippen LogP contribution in [0.3, 0.4) is 0 Å². The van der Waals surface area contributed by atoms with Gasteiger partial charge in [-0.05, 0) is 31.0 Å². The molecule has 2 aromatic rings. The first-order valence-electron chi connectivity index (χ1n) is 12.2. The number of nitrogens with one attached hydrogen (secondary N) is 1. The van der Waals surface area contributed by atoms with E-state index in [2.05, 4.69) is 10.3 Å². The van der Waals surface area contributed by atoms with Crippen LogP contribution in [0.15, 0.2) is 46.0 Å². The van der Waals surface area contributed by atoms with Gasteiger partial charge in [0.05, 0.1) is 24.6 Å². The summed E-state index contributed by atoms with van der Waals surface area (Å²) in [4.78, 5) is 23.8. The van der Waals surface area contributed by atoms with E-state index in [-0.39, 0.29) is 36.5 Å². The summed E-state index contributed by atoms with van der Waals surface area (Å²) in [6.07, 6.45) is 1.57. The van der Waals surface area contributed by atoms with Crippen LogP contribution in [-0.4, -0.2) is 79.2 Å². The van der Waals surface area contributed by atoms with Gasteiger partial charge in [0.25, 0.3) is 16.1 Å². The van der Waals surface area contributed by atoms with E-state index in [4.69, 9.17) is 14.9 Å². The second-order valence-electron chi connectivity index (χ2n) is 9.61. The molecule has 0 saturated carbocycles. The predicted octanol–water partition coefficient (Wildman–Crippen LogP) is 1.95. The summed E-state index contributed by atoms with van der Waals surface area (Å²) in [6, 6.07) is 2.61. The molecule has 4 heterocycles. The number of esters is 1. The summed E-state index contributed by atoms with van der Waals surface area (Å²) in [5, 5.41) is 10.6. The number of hydrogen-bond donors (Lipinski definition) is 2. The van der Waals surface area contributed by atoms with E-state index in [1.165, 1.54) is 28.4 Å². The number of aliphatic imine (C=N–C) groups is 1. The van der Waals surface area contributed by atoms with Crippen molar-refractivity contribution in [3.63, 3.8) is 0 Å². The van der Waals surface area contributed by atoms with Crippen molar-refractivity contribution in [1.82, 2.24) is 19.5 Å². The molecule has 0 amide bonds. The number of nitrogens with two attached hydrogens (primary N) is 1. The standard InChI is InChI=1S/C24H27F3N6O4S2/c1-3-37-23(34)19-17(10-32-12-24(26,27)15-9-33(11-18(15)32)39(28,35)36)30-21(22-29-7-8-38-22)31-20(19)14-5-4-6-16(25)13(14)2/h4-8,15,18,20H,3,9-12H2,1-2H3,(H,30,31)(H2,28,35,36). The summed E-state index contributed by atoms with van der Waals surface area (Å²) >= 11 is 1.28. The van der Waals surface area contributed by atoms with Gasteiger partial charge in [0.1, 0.15) is 11.9 Å². The number of carbonyl (C=O) groups excluding carboxylic acids is 1. The van der Waals surface area contributed by atoms with E-state index in [9.17, 15) is 17.6 Å². The number of benzene rings is 1. The first-order chi connectivity index (χ1) is 18.4. The van der Waals surface area contributed by atoms with Gasteiger partial charge < -0.3 is 10.1 Å². The molecule has 0 radical (unpaired) electrons. The Hall–Kier alpha value is -2.85. The molecule has 3 atom stereocenters. The van der Waals surface area contributed by atoms with Crippen LogP contribution in [-0.2, 0) is 19.7 Å². The van der Waals surface area contributed by atoms with Crippen LogP contribution in [0, 0.1) is 18.7 Å². The minimum atomic E-state index is -4.16. The van der Waals surface area contributed by atoms with Gasteiger partial charge in [0, 0.05) is 43.0 Å². The van der Waals surface area contributed by atoms with Gasteiger partial charge >= 0.3 is 5.97 Å². The lowest BCUT2D eigenvalue weighted by atomic mass is 9.92. The summed E-state index contributed by atoms with van der Waals surface area (Å²) in [6.45, 7) is 1.83. The Bertz CT molecular complexity index is 1450. The highest BCUT2D eigenvalue weighted by molar-refractivity contribution is 7.86. The van der Waals surface area contributed by atoms with E-state index < -0.39 is 59.0 Å². The highest BCUT2D eigenvalue weighted by Crippen LogP contribution is 2.44. The van der Waals surface area contributed by atoms with Crippen LogP contribution in [0.25, 0.3) is 0 Å². The lowest BCUT2D eigenvalue weighted by molar-refractivity contribution is -0.139. The maximum atomic E-state index is 15.1. The molecule has 15 heteroatoms. The molecular formula is C24H27F3N6O4S2. The van der Waals surface area contributed by atoms with Gasteiger partial charge in [-0.15, -0.1) is 11.3 Å². The second kappa shape index (κ2) is 10.3. The third kappa shape index (κ3) is 5.20. The number of likely N-dealkylation sites (tertiary alicyclic amines) is 1. The molecule has 10 nitrogen and oxygen atoms in total. The van der Waals surface area contributed by atoms with Crippen molar-refractivity contribution < 1.29 is 31.1 Å². The molecule has 1 aromatic carbocycles. The molecule has 5 rings (SSSR count). The molecule has 39 heavy (non-hydrogen) atoms. The van der Waals surface area contributed by atoms with Crippen molar-refractivity contribution in [2.45, 2.75) is 31.9 Å². The Morgan fingerprint density at radius 3 is 2.77 bits per heavy atom. The number of halogens is 3. The lowest BCUT2D eigenvalue weighted by Gasteiger charge is -2.31. The number of thiazole rings is 1. The maximum absolute atomic E-state index is 15.1. The Balaban J connectivity index is 1.60. The minimum absolute atomic E-state index is 0.0450. The number of nitrogens with zero attached hydrogens (tertiary/aromatic N) is 4. The van der Waals surface area contributed by atoms with Gasteiger partial charge in [0.15, 0.2) is 10.8 Å². The normalized spacial score (nSPS) is 25.4. The number of ether oxygens (including phenoxy) is 1. The summed E-state index contributed by atoms with van der Waals surface area (Å²) in [5.41, 5.74) is 0.990. The number of fused-ring (bicyclic) bond motifs is 1. The van der Waals surface area contributed by atoms with Crippen molar-refractivity contribution in [3.05, 3.63) is 63.0 Å². The molecule has 3 aliphatic heterocycles. The highest BCUT2D eigenvalue weighted by Gasteiger charge is 2.59. The van der Waals surface area contributed by atoms with Gasteiger partial charge in [0.2, 0.25) is 0 Å². The van der Waals surface area contributed by atoms with E-state index in [1.54, 1.807) is 31.5 Å². The zero-order valence-corrected chi connectivity index (χ0v) is 22.7. The molecule has 1 aromatic heterocycles. The van der Waals surface area contributed by atoms with Crippen molar-refractivity contribution in [1.29, 1.82) is 0 Å². The predicted molar refractivity (Wildman–Crippen MR) is 138 cm³/mol. The van der Waals surface area contributed by atoms with Gasteiger partial charge in [-0.25, -0.2) is 28.1 Å². The monoisotopic (exact) mass is 584 g/mol. The molecule has 0 spiro atoms. The molecule has 3 aliphatic rings. The Labute approximate surface area is 227 Å². The maximum Gasteiger partial charge on any atom is 0.338 e. The van der Waals surface area contributed by atoms with Gasteiger partial charge in [-0.3, -0.25) is 9.89 Å². The fourth-order valence-corrected chi connectivity index (χ4v) is 6.71. The quantitative estimate of drug-likeness (QED) is 0.476. The SMILES string of the molecule is CCOC(=O)C1=C(CN2CC(F)(F)C3CN(S(N)(=O)=O)CC32)NC(c2nccs2)=NC1c1cccc(F)c1C. The number of amidine groups is 1. The summed E-state index contributed by atoms with van der Waals surface area (Å²) in [5.74, 6) is -5.37. The zero-order chi connectivity index (χ0) is 28.1. The molecule has 3 N–H and O–H groups in total.